The van der Waals surface area contributed by atoms with Crippen molar-refractivity contribution < 1.29 is 9.26 Å². The van der Waals surface area contributed by atoms with E-state index in [2.05, 4.69) is 35.9 Å². The van der Waals surface area contributed by atoms with Crippen molar-refractivity contribution in [3.63, 3.8) is 0 Å². The molecule has 4 heterocycles. The Labute approximate surface area is 152 Å². The number of rotatable bonds is 4. The molecule has 0 aliphatic carbocycles. The second-order valence-corrected chi connectivity index (χ2v) is 6.51. The van der Waals surface area contributed by atoms with Crippen molar-refractivity contribution in [1.82, 2.24) is 25.0 Å². The molecule has 0 amide bonds. The van der Waals surface area contributed by atoms with E-state index in [0.717, 1.165) is 10.8 Å². The topological polar surface area (TPSA) is 115 Å². The van der Waals surface area contributed by atoms with Gasteiger partial charge in [-0.1, -0.05) is 23.4 Å². The van der Waals surface area contributed by atoms with Crippen LogP contribution in [-0.4, -0.2) is 43.3 Å². The average molecular weight is 362 g/mol. The van der Waals surface area contributed by atoms with E-state index >= 15 is 0 Å². The molecule has 1 aliphatic rings. The van der Waals surface area contributed by atoms with Gasteiger partial charge in [-0.15, -0.1) is 20.4 Å². The molecular formula is C17H14N8O2. The molecule has 0 saturated carbocycles. The van der Waals surface area contributed by atoms with E-state index in [0.29, 0.717) is 28.8 Å². The van der Waals surface area contributed by atoms with Gasteiger partial charge in [-0.2, -0.15) is 9.63 Å². The zero-order valence-corrected chi connectivity index (χ0v) is 14.6. The summed E-state index contributed by atoms with van der Waals surface area (Å²) in [5, 5.41) is 30.4. The van der Waals surface area contributed by atoms with Gasteiger partial charge in [-0.25, -0.2) is 0 Å². The highest BCUT2D eigenvalue weighted by Gasteiger charge is 2.27. The first-order chi connectivity index (χ1) is 13.1. The van der Waals surface area contributed by atoms with Crippen molar-refractivity contribution in [3.8, 4) is 17.4 Å². The number of hydrogen-bond donors (Lipinski definition) is 0. The minimum atomic E-state index is -0.614. The third kappa shape index (κ3) is 2.53. The third-order valence-electron chi connectivity index (χ3n) is 4.25. The average Bonchev–Trinajstić information content (AvgIpc) is 3.40. The molecule has 0 radical (unpaired) electrons. The molecular weight excluding hydrogens is 348 g/mol. The summed E-state index contributed by atoms with van der Waals surface area (Å²) in [5.74, 6) is 1.60. The molecule has 10 nitrogen and oxygen atoms in total. The van der Waals surface area contributed by atoms with Gasteiger partial charge in [0.15, 0.2) is 16.9 Å². The van der Waals surface area contributed by atoms with Crippen molar-refractivity contribution in [1.29, 1.82) is 0 Å². The van der Waals surface area contributed by atoms with E-state index in [1.165, 1.54) is 0 Å². The first kappa shape index (κ1) is 15.6. The Kier molecular flexibility index (Phi) is 3.26. The lowest BCUT2D eigenvalue weighted by molar-refractivity contribution is 0.263. The fraction of sp³-hybridized carbons (Fsp3) is 0.235. The minimum Gasteiger partial charge on any atom is -0.473 e. The highest BCUT2D eigenvalue weighted by atomic mass is 16.5. The fourth-order valence-corrected chi connectivity index (χ4v) is 2.87. The highest BCUT2D eigenvalue weighted by molar-refractivity contribution is 5.97. The second kappa shape index (κ2) is 5.66. The monoisotopic (exact) mass is 362 g/mol. The summed E-state index contributed by atoms with van der Waals surface area (Å²) in [7, 11) is 0. The molecule has 3 aromatic heterocycles. The lowest BCUT2D eigenvalue weighted by Crippen LogP contribution is -2.30. The van der Waals surface area contributed by atoms with Gasteiger partial charge in [-0.05, 0) is 25.1 Å². The largest absolute Gasteiger partial charge is 0.473 e. The van der Waals surface area contributed by atoms with Gasteiger partial charge in [0.1, 0.15) is 12.4 Å². The maximum Gasteiger partial charge on any atom is 0.240 e. The van der Waals surface area contributed by atoms with Gasteiger partial charge in [0.2, 0.25) is 11.7 Å². The summed E-state index contributed by atoms with van der Waals surface area (Å²) in [4.78, 5) is 0. The van der Waals surface area contributed by atoms with Crippen LogP contribution in [0.15, 0.2) is 50.3 Å². The van der Waals surface area contributed by atoms with Gasteiger partial charge >= 0.3 is 0 Å². The quantitative estimate of drug-likeness (QED) is 0.551. The summed E-state index contributed by atoms with van der Waals surface area (Å²) >= 11 is 0. The van der Waals surface area contributed by atoms with Crippen molar-refractivity contribution in [2.75, 3.05) is 6.61 Å². The summed E-state index contributed by atoms with van der Waals surface area (Å²) < 4.78 is 12.8. The maximum absolute atomic E-state index is 6.00. The predicted molar refractivity (Wildman–Crippen MR) is 95.8 cm³/mol. The summed E-state index contributed by atoms with van der Waals surface area (Å²) in [6.45, 7) is 3.95. The molecule has 0 N–H and O–H groups in total. The van der Waals surface area contributed by atoms with E-state index in [4.69, 9.17) is 9.26 Å². The molecule has 1 aliphatic heterocycles. The molecule has 0 spiro atoms. The first-order valence-electron chi connectivity index (χ1n) is 8.30. The minimum absolute atomic E-state index is 0.253. The van der Waals surface area contributed by atoms with Crippen LogP contribution in [0.4, 0.5) is 0 Å². The number of benzene rings is 1. The molecule has 5 rings (SSSR count). The Morgan fingerprint density at radius 3 is 2.78 bits per heavy atom. The van der Waals surface area contributed by atoms with Gasteiger partial charge < -0.3 is 9.26 Å². The van der Waals surface area contributed by atoms with Gasteiger partial charge in [0.25, 0.3) is 0 Å². The molecule has 4 aromatic rings. The number of hydrogen-bond acceptors (Lipinski definition) is 9. The van der Waals surface area contributed by atoms with Crippen LogP contribution >= 0.6 is 0 Å². The van der Waals surface area contributed by atoms with E-state index in [1.807, 2.05) is 38.1 Å². The molecule has 0 saturated heterocycles. The van der Waals surface area contributed by atoms with Crippen LogP contribution in [-0.2, 0) is 0 Å². The standard InChI is InChI=1S/C17H14N8O2/c1-10-7-13(22-27-10)15-20-19-14-11-5-3-4-6-12(11)16(21-25(14)15)26-9-17(2)8-18-24-23-17/h3-8H,9H2,1-2H3. The molecule has 27 heavy (non-hydrogen) atoms. The number of aromatic nitrogens is 5. The van der Waals surface area contributed by atoms with Gasteiger partial charge in [0, 0.05) is 16.8 Å². The van der Waals surface area contributed by atoms with Crippen molar-refractivity contribution in [2.45, 2.75) is 19.4 Å². The molecule has 0 fully saturated rings. The van der Waals surface area contributed by atoms with Crippen molar-refractivity contribution in [2.24, 2.45) is 15.4 Å². The SMILES string of the molecule is Cc1cc(-c2nnc3c4ccccc4c(OCC4(C)C=NN=N4)nn23)no1. The molecule has 0 bridgehead atoms. The number of aryl methyl sites for hydroxylation is 1. The van der Waals surface area contributed by atoms with Crippen LogP contribution in [0.3, 0.4) is 0 Å². The molecule has 1 aromatic carbocycles. The predicted octanol–water partition coefficient (Wildman–Crippen LogP) is 2.83. The molecule has 134 valence electrons. The van der Waals surface area contributed by atoms with Crippen LogP contribution in [0.2, 0.25) is 0 Å². The molecule has 10 heteroatoms. The Bertz CT molecular complexity index is 1210. The van der Waals surface area contributed by atoms with Crippen LogP contribution < -0.4 is 4.74 Å². The smallest absolute Gasteiger partial charge is 0.240 e. The van der Waals surface area contributed by atoms with Crippen LogP contribution in [0.5, 0.6) is 5.88 Å². The summed E-state index contributed by atoms with van der Waals surface area (Å²) in [6, 6.07) is 9.51. The van der Waals surface area contributed by atoms with Crippen LogP contribution in [0.1, 0.15) is 12.7 Å². The van der Waals surface area contributed by atoms with Gasteiger partial charge in [0.05, 0.1) is 6.21 Å². The maximum atomic E-state index is 6.00. The Morgan fingerprint density at radius 1 is 1.19 bits per heavy atom. The Morgan fingerprint density at radius 2 is 2.04 bits per heavy atom. The third-order valence-corrected chi connectivity index (χ3v) is 4.25. The summed E-state index contributed by atoms with van der Waals surface area (Å²) in [5.41, 5.74) is 0.552. The zero-order valence-electron chi connectivity index (χ0n) is 14.6. The molecule has 1 unspecified atom stereocenters. The van der Waals surface area contributed by atoms with E-state index in [1.54, 1.807) is 16.8 Å². The Balaban J connectivity index is 1.66. The van der Waals surface area contributed by atoms with Gasteiger partial charge in [-0.3, -0.25) is 0 Å². The van der Waals surface area contributed by atoms with E-state index in [9.17, 15) is 0 Å². The second-order valence-electron chi connectivity index (χ2n) is 6.51. The number of ether oxygens (including phenoxy) is 1. The normalized spacial score (nSPS) is 18.7. The van der Waals surface area contributed by atoms with Crippen molar-refractivity contribution >= 4 is 22.6 Å². The Hall–Kier alpha value is -3.69. The van der Waals surface area contributed by atoms with E-state index in [-0.39, 0.29) is 6.61 Å². The van der Waals surface area contributed by atoms with Crippen LogP contribution in [0, 0.1) is 6.92 Å². The van der Waals surface area contributed by atoms with Crippen LogP contribution in [0.25, 0.3) is 27.9 Å². The lowest BCUT2D eigenvalue weighted by atomic mass is 10.1. The fourth-order valence-electron chi connectivity index (χ4n) is 2.87. The number of fused-ring (bicyclic) bond motifs is 3. The lowest BCUT2D eigenvalue weighted by Gasteiger charge is -2.16. The first-order valence-corrected chi connectivity index (χ1v) is 8.30. The summed E-state index contributed by atoms with van der Waals surface area (Å²) in [6.07, 6.45) is 1.65. The zero-order chi connectivity index (χ0) is 18.4. The number of nitrogens with zero attached hydrogens (tertiary/aromatic N) is 8. The van der Waals surface area contributed by atoms with E-state index < -0.39 is 5.54 Å². The highest BCUT2D eigenvalue weighted by Crippen LogP contribution is 2.29. The van der Waals surface area contributed by atoms with Crippen molar-refractivity contribution in [3.05, 3.63) is 36.1 Å². The molecule has 1 atom stereocenters.